The average Bonchev–Trinajstić information content (AvgIpc) is 2.79. The second-order valence-electron chi connectivity index (χ2n) is 3.84. The first-order valence-corrected chi connectivity index (χ1v) is 7.30. The molecule has 0 N–H and O–H groups in total. The summed E-state index contributed by atoms with van der Waals surface area (Å²) in [7, 11) is 1.65. The van der Waals surface area contributed by atoms with Crippen LogP contribution in [-0.2, 0) is 17.2 Å². The smallest absolute Gasteiger partial charge is 0.165 e. The quantitative estimate of drug-likeness (QED) is 0.758. The van der Waals surface area contributed by atoms with Gasteiger partial charge in [-0.2, -0.15) is 0 Å². The molecule has 0 unspecified atom stereocenters. The molecular weight excluding hydrogens is 353 g/mol. The number of hydrogen-bond donors (Lipinski definition) is 0. The monoisotopic (exact) mass is 363 g/mol. The summed E-state index contributed by atoms with van der Waals surface area (Å²) >= 11 is 15.5. The van der Waals surface area contributed by atoms with Gasteiger partial charge in [0, 0.05) is 23.7 Å². The van der Waals surface area contributed by atoms with Gasteiger partial charge in [-0.25, -0.2) is 0 Å². The largest absolute Gasteiger partial charge is 0.383 e. The lowest BCUT2D eigenvalue weighted by Gasteiger charge is -2.10. The molecule has 1 aromatic carbocycles. The number of ether oxygens (including phenoxy) is 1. The highest BCUT2D eigenvalue weighted by molar-refractivity contribution is 9.10. The first-order chi connectivity index (χ1) is 9.17. The van der Waals surface area contributed by atoms with Crippen LogP contribution < -0.4 is 0 Å². The summed E-state index contributed by atoms with van der Waals surface area (Å²) in [5, 5.41) is 8.87. The molecule has 0 radical (unpaired) electrons. The van der Waals surface area contributed by atoms with E-state index in [1.807, 2.05) is 22.8 Å². The molecule has 0 aliphatic heterocycles. The van der Waals surface area contributed by atoms with Gasteiger partial charge in [-0.15, -0.1) is 21.8 Å². The zero-order valence-corrected chi connectivity index (χ0v) is 13.3. The van der Waals surface area contributed by atoms with Crippen molar-refractivity contribution < 1.29 is 4.74 Å². The van der Waals surface area contributed by atoms with Crippen LogP contribution in [-0.4, -0.2) is 28.5 Å². The second-order valence-corrected chi connectivity index (χ2v) is 5.43. The van der Waals surface area contributed by atoms with Gasteiger partial charge in [0.25, 0.3) is 0 Å². The van der Waals surface area contributed by atoms with Gasteiger partial charge in [0.05, 0.1) is 17.5 Å². The van der Waals surface area contributed by atoms with Crippen molar-refractivity contribution in [2.45, 2.75) is 12.4 Å². The topological polar surface area (TPSA) is 39.9 Å². The highest BCUT2D eigenvalue weighted by Crippen LogP contribution is 2.29. The van der Waals surface area contributed by atoms with Crippen molar-refractivity contribution in [2.24, 2.45) is 0 Å². The number of rotatable bonds is 5. The fraction of sp³-hybridized carbons (Fsp3) is 0.333. The lowest BCUT2D eigenvalue weighted by atomic mass is 10.2. The molecule has 0 bridgehead atoms. The molecule has 2 rings (SSSR count). The van der Waals surface area contributed by atoms with Crippen molar-refractivity contribution in [3.8, 4) is 11.4 Å². The van der Waals surface area contributed by atoms with Gasteiger partial charge in [-0.05, 0) is 18.2 Å². The maximum absolute atomic E-state index is 6.25. The fourth-order valence-corrected chi connectivity index (χ4v) is 2.68. The lowest BCUT2D eigenvalue weighted by molar-refractivity contribution is 0.187. The van der Waals surface area contributed by atoms with Crippen LogP contribution in [0.1, 0.15) is 5.82 Å². The van der Waals surface area contributed by atoms with Crippen molar-refractivity contribution >= 4 is 39.1 Å². The van der Waals surface area contributed by atoms with Crippen molar-refractivity contribution in [3.63, 3.8) is 0 Å². The average molecular weight is 365 g/mol. The minimum atomic E-state index is 0.296. The summed E-state index contributed by atoms with van der Waals surface area (Å²) in [6.45, 7) is 1.19. The van der Waals surface area contributed by atoms with E-state index in [9.17, 15) is 0 Å². The molecule has 0 amide bonds. The summed E-state index contributed by atoms with van der Waals surface area (Å²) in [6.07, 6.45) is 0. The molecule has 4 nitrogen and oxygen atoms in total. The van der Waals surface area contributed by atoms with E-state index >= 15 is 0 Å². The van der Waals surface area contributed by atoms with Crippen molar-refractivity contribution in [3.05, 3.63) is 33.5 Å². The maximum atomic E-state index is 6.25. The van der Waals surface area contributed by atoms with Crippen LogP contribution in [0, 0.1) is 0 Å². The van der Waals surface area contributed by atoms with Gasteiger partial charge in [-0.1, -0.05) is 27.5 Å². The van der Waals surface area contributed by atoms with Crippen LogP contribution in [0.5, 0.6) is 0 Å². The molecule has 1 heterocycles. The van der Waals surface area contributed by atoms with Crippen LogP contribution >= 0.6 is 39.1 Å². The SMILES string of the molecule is COCCn1c(CCl)nnc1-c1ccc(Br)cc1Cl. The molecule has 7 heteroatoms. The van der Waals surface area contributed by atoms with E-state index in [1.54, 1.807) is 7.11 Å². The molecule has 102 valence electrons. The Labute approximate surface area is 129 Å². The summed E-state index contributed by atoms with van der Waals surface area (Å²) < 4.78 is 7.94. The number of alkyl halides is 1. The van der Waals surface area contributed by atoms with E-state index in [4.69, 9.17) is 27.9 Å². The van der Waals surface area contributed by atoms with Gasteiger partial charge >= 0.3 is 0 Å². The number of aromatic nitrogens is 3. The third-order valence-electron chi connectivity index (χ3n) is 2.64. The van der Waals surface area contributed by atoms with E-state index in [0.29, 0.717) is 35.7 Å². The molecule has 0 aliphatic rings. The number of methoxy groups -OCH3 is 1. The van der Waals surface area contributed by atoms with E-state index in [2.05, 4.69) is 26.1 Å². The van der Waals surface area contributed by atoms with Gasteiger partial charge in [0.1, 0.15) is 5.82 Å². The van der Waals surface area contributed by atoms with Gasteiger partial charge < -0.3 is 9.30 Å². The Balaban J connectivity index is 2.46. The van der Waals surface area contributed by atoms with Crippen LogP contribution in [0.15, 0.2) is 22.7 Å². The van der Waals surface area contributed by atoms with Crippen LogP contribution in [0.2, 0.25) is 5.02 Å². The van der Waals surface area contributed by atoms with Crippen molar-refractivity contribution in [1.29, 1.82) is 0 Å². The predicted molar refractivity (Wildman–Crippen MR) is 79.6 cm³/mol. The summed E-state index contributed by atoms with van der Waals surface area (Å²) in [5.41, 5.74) is 0.824. The second kappa shape index (κ2) is 6.70. The third-order valence-corrected chi connectivity index (χ3v) is 3.68. The van der Waals surface area contributed by atoms with E-state index < -0.39 is 0 Å². The molecule has 0 saturated heterocycles. The summed E-state index contributed by atoms with van der Waals surface area (Å²) in [4.78, 5) is 0. The van der Waals surface area contributed by atoms with Crippen molar-refractivity contribution in [2.75, 3.05) is 13.7 Å². The molecule has 2 aromatic rings. The van der Waals surface area contributed by atoms with Crippen LogP contribution in [0.3, 0.4) is 0 Å². The zero-order chi connectivity index (χ0) is 13.8. The minimum absolute atomic E-state index is 0.296. The Bertz CT molecular complexity index is 574. The molecule has 19 heavy (non-hydrogen) atoms. The molecular formula is C12H12BrCl2N3O. The number of nitrogens with zero attached hydrogens (tertiary/aromatic N) is 3. The van der Waals surface area contributed by atoms with E-state index in [1.165, 1.54) is 0 Å². The molecule has 1 aromatic heterocycles. The molecule has 0 saturated carbocycles. The Morgan fingerprint density at radius 2 is 2.16 bits per heavy atom. The minimum Gasteiger partial charge on any atom is -0.383 e. The Morgan fingerprint density at radius 3 is 2.79 bits per heavy atom. The standard InChI is InChI=1S/C12H12BrCl2N3O/c1-19-5-4-18-11(7-14)16-17-12(18)9-3-2-8(13)6-10(9)15/h2-3,6H,4-5,7H2,1H3. The normalized spacial score (nSPS) is 10.9. The number of hydrogen-bond acceptors (Lipinski definition) is 3. The van der Waals surface area contributed by atoms with Crippen molar-refractivity contribution in [1.82, 2.24) is 14.8 Å². The van der Waals surface area contributed by atoms with Crippen LogP contribution in [0.4, 0.5) is 0 Å². The first-order valence-electron chi connectivity index (χ1n) is 5.59. The van der Waals surface area contributed by atoms with E-state index in [-0.39, 0.29) is 0 Å². The van der Waals surface area contributed by atoms with Gasteiger partial charge in [0.2, 0.25) is 0 Å². The fourth-order valence-electron chi connectivity index (χ4n) is 1.72. The third kappa shape index (κ3) is 3.28. The van der Waals surface area contributed by atoms with Gasteiger partial charge in [0.15, 0.2) is 5.82 Å². The molecule has 0 atom stereocenters. The Hall–Kier alpha value is -0.620. The highest BCUT2D eigenvalue weighted by Gasteiger charge is 2.15. The predicted octanol–water partition coefficient (Wildman–Crippen LogP) is 3.75. The zero-order valence-electron chi connectivity index (χ0n) is 10.2. The Kier molecular flexibility index (Phi) is 5.21. The Morgan fingerprint density at radius 1 is 1.37 bits per heavy atom. The molecule has 0 aliphatic carbocycles. The molecule has 0 spiro atoms. The first kappa shape index (κ1) is 14.8. The lowest BCUT2D eigenvalue weighted by Crippen LogP contribution is -2.09. The maximum Gasteiger partial charge on any atom is 0.165 e. The summed E-state index contributed by atoms with van der Waals surface area (Å²) in [6, 6.07) is 5.64. The van der Waals surface area contributed by atoms with Crippen LogP contribution in [0.25, 0.3) is 11.4 Å². The van der Waals surface area contributed by atoms with Gasteiger partial charge in [-0.3, -0.25) is 0 Å². The van der Waals surface area contributed by atoms with E-state index in [0.717, 1.165) is 10.0 Å². The number of benzene rings is 1. The molecule has 0 fully saturated rings. The number of halogens is 3. The summed E-state index contributed by atoms with van der Waals surface area (Å²) in [5.74, 6) is 1.70. The highest BCUT2D eigenvalue weighted by atomic mass is 79.9.